The second kappa shape index (κ2) is 9.11. The highest BCUT2D eigenvalue weighted by atomic mass is 32.2. The van der Waals surface area contributed by atoms with E-state index in [0.29, 0.717) is 16.7 Å². The van der Waals surface area contributed by atoms with Crippen LogP contribution in [0.3, 0.4) is 0 Å². The highest BCUT2D eigenvalue weighted by Gasteiger charge is 2.26. The predicted octanol–water partition coefficient (Wildman–Crippen LogP) is 5.71. The minimum absolute atomic E-state index is 0.393. The Labute approximate surface area is 198 Å². The first-order chi connectivity index (χ1) is 16.1. The number of para-hydroxylation sites is 1. The molecular formula is C26H25N5OS. The van der Waals surface area contributed by atoms with E-state index in [-0.39, 0.29) is 0 Å². The maximum Gasteiger partial charge on any atom is 0.247 e. The molecule has 0 bridgehead atoms. The number of hydrogen-bond donors (Lipinski definition) is 1. The Morgan fingerprint density at radius 3 is 2.45 bits per heavy atom. The monoisotopic (exact) mass is 455 g/mol. The van der Waals surface area contributed by atoms with E-state index in [1.54, 1.807) is 11.8 Å². The third-order valence-electron chi connectivity index (χ3n) is 5.53. The molecule has 1 aliphatic rings. The van der Waals surface area contributed by atoms with E-state index < -0.39 is 6.23 Å². The molecule has 0 saturated heterocycles. The zero-order valence-corrected chi connectivity index (χ0v) is 19.6. The summed E-state index contributed by atoms with van der Waals surface area (Å²) in [6.45, 7) is 2.09. The van der Waals surface area contributed by atoms with Crippen LogP contribution in [0.4, 0.5) is 11.4 Å². The topological polar surface area (TPSA) is 63.2 Å². The SMILES string of the molecule is Cc1ccc(CSc2nnc3c(n2)O[C@H](c2ccc(N(C)C)cc2)Nc2ccccc2-3)cc1. The molecular weight excluding hydrogens is 430 g/mol. The van der Waals surface area contributed by atoms with Crippen LogP contribution in [0.25, 0.3) is 11.3 Å². The number of anilines is 2. The van der Waals surface area contributed by atoms with Gasteiger partial charge in [-0.15, -0.1) is 10.2 Å². The Morgan fingerprint density at radius 1 is 0.939 bits per heavy atom. The van der Waals surface area contributed by atoms with Gasteiger partial charge in [0.1, 0.15) is 0 Å². The predicted molar refractivity (Wildman–Crippen MR) is 134 cm³/mol. The first-order valence-corrected chi connectivity index (χ1v) is 11.8. The lowest BCUT2D eigenvalue weighted by atomic mass is 10.1. The van der Waals surface area contributed by atoms with Crippen molar-refractivity contribution < 1.29 is 4.74 Å². The first-order valence-electron chi connectivity index (χ1n) is 10.8. The van der Waals surface area contributed by atoms with Gasteiger partial charge in [-0.2, -0.15) is 4.98 Å². The molecule has 0 amide bonds. The highest BCUT2D eigenvalue weighted by Crippen LogP contribution is 2.39. The molecule has 3 aromatic carbocycles. The zero-order valence-electron chi connectivity index (χ0n) is 18.8. The summed E-state index contributed by atoms with van der Waals surface area (Å²) in [6.07, 6.45) is -0.393. The molecule has 1 aromatic heterocycles. The van der Waals surface area contributed by atoms with Crippen molar-refractivity contribution in [2.24, 2.45) is 0 Å². The summed E-state index contributed by atoms with van der Waals surface area (Å²) in [5.41, 5.74) is 7.11. The van der Waals surface area contributed by atoms with Crippen LogP contribution in [0, 0.1) is 6.92 Å². The third-order valence-corrected chi connectivity index (χ3v) is 6.44. The lowest BCUT2D eigenvalue weighted by Crippen LogP contribution is -2.17. The molecule has 0 spiro atoms. The number of fused-ring (bicyclic) bond motifs is 3. The smallest absolute Gasteiger partial charge is 0.247 e. The van der Waals surface area contributed by atoms with Crippen molar-refractivity contribution in [2.45, 2.75) is 24.1 Å². The Balaban J connectivity index is 1.46. The van der Waals surface area contributed by atoms with Crippen molar-refractivity contribution in [1.29, 1.82) is 0 Å². The van der Waals surface area contributed by atoms with Crippen LogP contribution in [0.2, 0.25) is 0 Å². The summed E-state index contributed by atoms with van der Waals surface area (Å²) >= 11 is 1.55. The summed E-state index contributed by atoms with van der Waals surface area (Å²) in [6, 6.07) is 24.8. The van der Waals surface area contributed by atoms with Crippen LogP contribution in [0.1, 0.15) is 22.9 Å². The maximum atomic E-state index is 6.38. The number of aromatic nitrogens is 3. The minimum Gasteiger partial charge on any atom is -0.448 e. The number of hydrogen-bond acceptors (Lipinski definition) is 7. The van der Waals surface area contributed by atoms with Crippen molar-refractivity contribution in [3.63, 3.8) is 0 Å². The van der Waals surface area contributed by atoms with Crippen LogP contribution in [0.15, 0.2) is 78.0 Å². The average molecular weight is 456 g/mol. The van der Waals surface area contributed by atoms with Gasteiger partial charge in [0.25, 0.3) is 0 Å². The summed E-state index contributed by atoms with van der Waals surface area (Å²) in [5, 5.41) is 13.0. The van der Waals surface area contributed by atoms with Crippen LogP contribution in [-0.4, -0.2) is 29.3 Å². The quantitative estimate of drug-likeness (QED) is 0.387. The molecule has 166 valence electrons. The second-order valence-corrected chi connectivity index (χ2v) is 9.14. The fourth-order valence-corrected chi connectivity index (χ4v) is 4.37. The Kier molecular flexibility index (Phi) is 5.88. The second-order valence-electron chi connectivity index (χ2n) is 8.20. The zero-order chi connectivity index (χ0) is 22.8. The van der Waals surface area contributed by atoms with Crippen molar-refractivity contribution in [1.82, 2.24) is 15.2 Å². The standard InChI is InChI=1S/C26H25N5OS/c1-17-8-10-18(11-9-17)16-33-26-28-25-23(29-30-26)21-6-4-5-7-22(21)27-24(32-25)19-12-14-20(15-13-19)31(2)3/h4-15,24,27H,16H2,1-3H3/t24-/m1/s1. The van der Waals surface area contributed by atoms with Crippen LogP contribution < -0.4 is 15.0 Å². The van der Waals surface area contributed by atoms with Crippen molar-refractivity contribution in [2.75, 3.05) is 24.3 Å². The van der Waals surface area contributed by atoms with Gasteiger partial charge in [0, 0.05) is 42.3 Å². The normalized spacial score (nSPS) is 14.3. The molecule has 4 aromatic rings. The minimum atomic E-state index is -0.393. The van der Waals surface area contributed by atoms with Gasteiger partial charge in [-0.05, 0) is 30.7 Å². The molecule has 0 saturated carbocycles. The van der Waals surface area contributed by atoms with Crippen molar-refractivity contribution >= 4 is 23.1 Å². The van der Waals surface area contributed by atoms with Crippen LogP contribution >= 0.6 is 11.8 Å². The number of nitrogens with one attached hydrogen (secondary N) is 1. The largest absolute Gasteiger partial charge is 0.448 e. The van der Waals surface area contributed by atoms with Crippen molar-refractivity contribution in [3.8, 4) is 17.1 Å². The van der Waals surface area contributed by atoms with Crippen LogP contribution in [-0.2, 0) is 5.75 Å². The molecule has 1 atom stereocenters. The molecule has 0 unspecified atom stereocenters. The summed E-state index contributed by atoms with van der Waals surface area (Å²) in [4.78, 5) is 6.82. The van der Waals surface area contributed by atoms with Gasteiger partial charge in [-0.1, -0.05) is 71.9 Å². The highest BCUT2D eigenvalue weighted by molar-refractivity contribution is 7.98. The average Bonchev–Trinajstić information content (AvgIpc) is 3.00. The summed E-state index contributed by atoms with van der Waals surface area (Å²) in [7, 11) is 4.06. The van der Waals surface area contributed by atoms with Gasteiger partial charge in [-0.25, -0.2) is 0 Å². The molecule has 0 fully saturated rings. The van der Waals surface area contributed by atoms with E-state index in [9.17, 15) is 0 Å². The molecule has 5 rings (SSSR count). The van der Waals surface area contributed by atoms with E-state index >= 15 is 0 Å². The van der Waals surface area contributed by atoms with Crippen LogP contribution in [0.5, 0.6) is 5.88 Å². The molecule has 1 aliphatic heterocycles. The fourth-order valence-electron chi connectivity index (χ4n) is 3.64. The number of thioether (sulfide) groups is 1. The third kappa shape index (κ3) is 4.64. The van der Waals surface area contributed by atoms with Crippen molar-refractivity contribution in [3.05, 3.63) is 89.5 Å². The lowest BCUT2D eigenvalue weighted by Gasteiger charge is -2.20. The number of aryl methyl sites for hydroxylation is 1. The summed E-state index contributed by atoms with van der Waals surface area (Å²) in [5.74, 6) is 1.25. The molecule has 6 nitrogen and oxygen atoms in total. The summed E-state index contributed by atoms with van der Waals surface area (Å²) < 4.78 is 6.38. The number of rotatable bonds is 5. The van der Waals surface area contributed by atoms with E-state index in [4.69, 9.17) is 9.72 Å². The van der Waals surface area contributed by atoms with Gasteiger partial charge in [0.05, 0.1) is 0 Å². The van der Waals surface area contributed by atoms with E-state index in [0.717, 1.165) is 28.3 Å². The number of ether oxygens (including phenoxy) is 1. The van der Waals surface area contributed by atoms with Gasteiger partial charge in [0.15, 0.2) is 11.9 Å². The molecule has 1 N–H and O–H groups in total. The van der Waals surface area contributed by atoms with Gasteiger partial charge < -0.3 is 15.0 Å². The van der Waals surface area contributed by atoms with E-state index in [1.165, 1.54) is 11.1 Å². The maximum absolute atomic E-state index is 6.38. The molecule has 0 aliphatic carbocycles. The van der Waals surface area contributed by atoms with Gasteiger partial charge in [-0.3, -0.25) is 0 Å². The lowest BCUT2D eigenvalue weighted by molar-refractivity contribution is 0.225. The Morgan fingerprint density at radius 2 is 1.70 bits per heavy atom. The van der Waals surface area contributed by atoms with Gasteiger partial charge >= 0.3 is 0 Å². The van der Waals surface area contributed by atoms with E-state index in [2.05, 4.69) is 75.9 Å². The fraction of sp³-hybridized carbons (Fsp3) is 0.192. The Hall–Kier alpha value is -3.58. The van der Waals surface area contributed by atoms with E-state index in [1.807, 2.05) is 38.4 Å². The first kappa shape index (κ1) is 21.3. The number of benzene rings is 3. The number of nitrogens with zero attached hydrogens (tertiary/aromatic N) is 4. The Bertz CT molecular complexity index is 1260. The van der Waals surface area contributed by atoms with Gasteiger partial charge in [0.2, 0.25) is 11.0 Å². The molecule has 2 heterocycles. The molecule has 33 heavy (non-hydrogen) atoms. The molecule has 0 radical (unpaired) electrons. The molecule has 7 heteroatoms.